The monoisotopic (exact) mass is 617 g/mol. The molecule has 2 atom stereocenters. The van der Waals surface area contributed by atoms with Crippen molar-refractivity contribution in [3.8, 4) is 0 Å². The van der Waals surface area contributed by atoms with Crippen molar-refractivity contribution >= 4 is 35.0 Å². The van der Waals surface area contributed by atoms with Crippen molar-refractivity contribution < 1.29 is 14.0 Å². The number of carbonyl (C=O) groups is 2. The van der Waals surface area contributed by atoms with E-state index < -0.39 is 0 Å². The van der Waals surface area contributed by atoms with Crippen molar-refractivity contribution in [2.45, 2.75) is 18.9 Å². The van der Waals surface area contributed by atoms with Crippen LogP contribution in [-0.2, 0) is 11.3 Å². The summed E-state index contributed by atoms with van der Waals surface area (Å²) in [4.78, 5) is 45.8. The van der Waals surface area contributed by atoms with Gasteiger partial charge in [0, 0.05) is 80.8 Å². The molecule has 2 amide bonds. The third kappa shape index (κ3) is 6.18. The number of nitrogens with one attached hydrogen (secondary N) is 1. The summed E-state index contributed by atoms with van der Waals surface area (Å²) in [5.41, 5.74) is 4.90. The van der Waals surface area contributed by atoms with Crippen LogP contribution < -0.4 is 20.7 Å². The van der Waals surface area contributed by atoms with Crippen molar-refractivity contribution in [3.63, 3.8) is 0 Å². The molecule has 2 fully saturated rings. The summed E-state index contributed by atoms with van der Waals surface area (Å²) in [7, 11) is 0. The van der Waals surface area contributed by atoms with E-state index in [-0.39, 0.29) is 29.1 Å². The molecule has 3 aliphatic rings. The lowest BCUT2D eigenvalue weighted by molar-refractivity contribution is -0.111. The van der Waals surface area contributed by atoms with Crippen LogP contribution in [0.2, 0.25) is 0 Å². The predicted octanol–water partition coefficient (Wildman–Crippen LogP) is 5.23. The fourth-order valence-electron chi connectivity index (χ4n) is 7.05. The second-order valence-electron chi connectivity index (χ2n) is 12.3. The lowest BCUT2D eigenvalue weighted by atomic mass is 9.83. The van der Waals surface area contributed by atoms with Gasteiger partial charge in [-0.1, -0.05) is 36.4 Å². The highest BCUT2D eigenvalue weighted by Crippen LogP contribution is 2.39. The number of hydrogen-bond donors (Lipinski definition) is 1. The summed E-state index contributed by atoms with van der Waals surface area (Å²) in [6, 6.07) is 27.1. The van der Waals surface area contributed by atoms with Gasteiger partial charge in [-0.05, 0) is 72.5 Å². The van der Waals surface area contributed by atoms with Crippen LogP contribution in [0.25, 0.3) is 6.08 Å². The number of piperazine rings is 1. The third-order valence-corrected chi connectivity index (χ3v) is 9.31. The van der Waals surface area contributed by atoms with Crippen LogP contribution in [-0.4, -0.2) is 60.5 Å². The fourth-order valence-corrected chi connectivity index (χ4v) is 7.05. The van der Waals surface area contributed by atoms with E-state index in [1.165, 1.54) is 18.2 Å². The Morgan fingerprint density at radius 3 is 2.37 bits per heavy atom. The second kappa shape index (κ2) is 12.7. The maximum atomic E-state index is 13.7. The lowest BCUT2D eigenvalue weighted by Crippen LogP contribution is -2.49. The maximum absolute atomic E-state index is 13.7. The first-order chi connectivity index (χ1) is 22.4. The number of anilines is 3. The lowest BCUT2D eigenvalue weighted by Gasteiger charge is -2.44. The van der Waals surface area contributed by atoms with Gasteiger partial charge in [0.15, 0.2) is 0 Å². The number of rotatable bonds is 6. The summed E-state index contributed by atoms with van der Waals surface area (Å²) in [6.45, 7) is 4.49. The van der Waals surface area contributed by atoms with Crippen molar-refractivity contribution in [1.29, 1.82) is 0 Å². The number of hydrogen-bond acceptors (Lipinski definition) is 5. The third-order valence-electron chi connectivity index (χ3n) is 9.31. The number of benzene rings is 3. The Labute approximate surface area is 267 Å². The SMILES string of the molecule is O=C(C=Cc1ccccc1)Nc1cc(C(=O)N2CCN(c3ccc(F)cc3)CC2)ccc1N1CC2CC(C1)c1cccc(=O)n1C2. The molecule has 4 heterocycles. The number of amides is 2. The van der Waals surface area contributed by atoms with E-state index in [9.17, 15) is 18.8 Å². The van der Waals surface area contributed by atoms with Crippen molar-refractivity contribution in [2.24, 2.45) is 5.92 Å². The van der Waals surface area contributed by atoms with Crippen LogP contribution in [0.3, 0.4) is 0 Å². The molecule has 0 radical (unpaired) electrons. The van der Waals surface area contributed by atoms with E-state index in [4.69, 9.17) is 0 Å². The first kappa shape index (κ1) is 29.5. The normalized spacial score (nSPS) is 19.2. The largest absolute Gasteiger partial charge is 0.369 e. The van der Waals surface area contributed by atoms with Gasteiger partial charge in [0.05, 0.1) is 11.4 Å². The first-order valence-corrected chi connectivity index (χ1v) is 15.8. The van der Waals surface area contributed by atoms with E-state index in [1.54, 1.807) is 30.3 Å². The van der Waals surface area contributed by atoms with E-state index in [0.717, 1.165) is 35.6 Å². The van der Waals surface area contributed by atoms with Gasteiger partial charge < -0.3 is 24.6 Å². The molecule has 3 aliphatic heterocycles. The van der Waals surface area contributed by atoms with Crippen molar-refractivity contribution in [3.05, 3.63) is 130 Å². The van der Waals surface area contributed by atoms with Gasteiger partial charge in [0.1, 0.15) is 5.82 Å². The average molecular weight is 618 g/mol. The highest BCUT2D eigenvalue weighted by Gasteiger charge is 2.35. The van der Waals surface area contributed by atoms with E-state index >= 15 is 0 Å². The highest BCUT2D eigenvalue weighted by atomic mass is 19.1. The fraction of sp³-hybridized carbons (Fsp3) is 0.270. The van der Waals surface area contributed by atoms with Crippen molar-refractivity contribution in [1.82, 2.24) is 9.47 Å². The summed E-state index contributed by atoms with van der Waals surface area (Å²) in [5, 5.41) is 3.07. The number of carbonyl (C=O) groups excluding carboxylic acids is 2. The Bertz CT molecular complexity index is 1830. The zero-order valence-electron chi connectivity index (χ0n) is 25.5. The molecule has 46 heavy (non-hydrogen) atoms. The Balaban J connectivity index is 1.13. The van der Waals surface area contributed by atoms with Gasteiger partial charge >= 0.3 is 0 Å². The van der Waals surface area contributed by atoms with E-state index in [0.29, 0.717) is 56.4 Å². The molecule has 0 spiro atoms. The minimum absolute atomic E-state index is 0.0418. The van der Waals surface area contributed by atoms with Crippen LogP contribution >= 0.6 is 0 Å². The maximum Gasteiger partial charge on any atom is 0.254 e. The van der Waals surface area contributed by atoms with Crippen LogP contribution in [0.4, 0.5) is 21.5 Å². The molecular formula is C37H36FN5O3. The number of piperidine rings is 1. The minimum Gasteiger partial charge on any atom is -0.369 e. The molecule has 3 aromatic carbocycles. The van der Waals surface area contributed by atoms with Gasteiger partial charge in [-0.15, -0.1) is 0 Å². The molecule has 234 valence electrons. The zero-order chi connectivity index (χ0) is 31.6. The van der Waals surface area contributed by atoms with Crippen LogP contribution in [0.15, 0.2) is 102 Å². The Kier molecular flexibility index (Phi) is 8.13. The molecule has 2 saturated heterocycles. The highest BCUT2D eigenvalue weighted by molar-refractivity contribution is 6.05. The Hall–Kier alpha value is -5.18. The summed E-state index contributed by atoms with van der Waals surface area (Å²) in [5.74, 6) is -0.151. The summed E-state index contributed by atoms with van der Waals surface area (Å²) < 4.78 is 15.3. The molecule has 2 unspecified atom stereocenters. The van der Waals surface area contributed by atoms with Crippen LogP contribution in [0.1, 0.15) is 34.0 Å². The number of aromatic nitrogens is 1. The topological polar surface area (TPSA) is 77.9 Å². The molecule has 8 nitrogen and oxygen atoms in total. The Morgan fingerprint density at radius 1 is 0.804 bits per heavy atom. The molecule has 1 aromatic heterocycles. The summed E-state index contributed by atoms with van der Waals surface area (Å²) in [6.07, 6.45) is 4.29. The average Bonchev–Trinajstić information content (AvgIpc) is 3.08. The van der Waals surface area contributed by atoms with Gasteiger partial charge in [0.2, 0.25) is 5.91 Å². The minimum atomic E-state index is -0.281. The molecule has 7 rings (SSSR count). The van der Waals surface area contributed by atoms with E-state index in [2.05, 4.69) is 15.1 Å². The standard InChI is InChI=1S/C37H36FN5O3/c38-30-11-13-31(14-12-30)40-17-19-41(20-18-40)37(46)28-10-15-34(32(22-28)39-35(44)16-9-26-5-2-1-3-6-26)42-23-27-21-29(25-42)33-7-4-8-36(45)43(33)24-27/h1-16,22,27,29H,17-21,23-25H2,(H,39,44). The predicted molar refractivity (Wildman–Crippen MR) is 179 cm³/mol. The first-order valence-electron chi connectivity index (χ1n) is 15.8. The summed E-state index contributed by atoms with van der Waals surface area (Å²) >= 11 is 0. The van der Waals surface area contributed by atoms with Gasteiger partial charge in [0.25, 0.3) is 11.5 Å². The number of halogens is 1. The molecular weight excluding hydrogens is 581 g/mol. The number of fused-ring (bicyclic) bond motifs is 4. The van der Waals surface area contributed by atoms with Gasteiger partial charge in [-0.2, -0.15) is 0 Å². The molecule has 0 saturated carbocycles. The Morgan fingerprint density at radius 2 is 1.59 bits per heavy atom. The van der Waals surface area contributed by atoms with Gasteiger partial charge in [-0.25, -0.2) is 4.39 Å². The van der Waals surface area contributed by atoms with E-state index in [1.807, 2.05) is 64.1 Å². The van der Waals surface area contributed by atoms with Gasteiger partial charge in [-0.3, -0.25) is 14.4 Å². The van der Waals surface area contributed by atoms with Crippen LogP contribution in [0, 0.1) is 11.7 Å². The van der Waals surface area contributed by atoms with Crippen LogP contribution in [0.5, 0.6) is 0 Å². The number of pyridine rings is 1. The second-order valence-corrected chi connectivity index (χ2v) is 12.3. The number of nitrogens with zero attached hydrogens (tertiary/aromatic N) is 4. The zero-order valence-corrected chi connectivity index (χ0v) is 25.5. The molecule has 9 heteroatoms. The molecule has 4 aromatic rings. The smallest absolute Gasteiger partial charge is 0.254 e. The molecule has 0 aliphatic carbocycles. The van der Waals surface area contributed by atoms with Crippen molar-refractivity contribution in [2.75, 3.05) is 54.4 Å². The molecule has 2 bridgehead atoms. The quantitative estimate of drug-likeness (QED) is 0.300. The molecule has 1 N–H and O–H groups in total.